The molecule has 1 N–H and O–H groups in total. The Balaban J connectivity index is 1.77. The van der Waals surface area contributed by atoms with E-state index in [2.05, 4.69) is 30.4 Å². The third-order valence-electron chi connectivity index (χ3n) is 4.77. The summed E-state index contributed by atoms with van der Waals surface area (Å²) in [5, 5.41) is 3.03. The first kappa shape index (κ1) is 20.8. The molecule has 1 amide bonds. The molecule has 0 atom stereocenters. The van der Waals surface area contributed by atoms with Gasteiger partial charge in [-0.15, -0.1) is 0 Å². The average molecular weight is 370 g/mol. The summed E-state index contributed by atoms with van der Waals surface area (Å²) in [5.41, 5.74) is 2.95. The summed E-state index contributed by atoms with van der Waals surface area (Å²) in [7, 11) is 1.64. The second-order valence-corrected chi connectivity index (χ2v) is 7.64. The minimum Gasteiger partial charge on any atom is -0.497 e. The van der Waals surface area contributed by atoms with E-state index in [1.54, 1.807) is 7.11 Å². The van der Waals surface area contributed by atoms with Gasteiger partial charge in [-0.2, -0.15) is 0 Å². The molecule has 0 spiro atoms. The predicted molar refractivity (Wildman–Crippen MR) is 109 cm³/mol. The van der Waals surface area contributed by atoms with Crippen molar-refractivity contribution < 1.29 is 14.3 Å². The molecule has 146 valence electrons. The van der Waals surface area contributed by atoms with E-state index in [-0.39, 0.29) is 5.91 Å². The lowest BCUT2D eigenvalue weighted by Crippen LogP contribution is -2.36. The first-order valence-electron chi connectivity index (χ1n) is 9.43. The predicted octanol–water partition coefficient (Wildman–Crippen LogP) is 4.81. The zero-order valence-corrected chi connectivity index (χ0v) is 17.1. The Labute approximate surface area is 162 Å². The van der Waals surface area contributed by atoms with Gasteiger partial charge in [-0.05, 0) is 61.6 Å². The molecular formula is C23H31NO3. The maximum atomic E-state index is 12.5. The Morgan fingerprint density at radius 2 is 1.78 bits per heavy atom. The Bertz CT molecular complexity index is 751. The molecule has 27 heavy (non-hydrogen) atoms. The van der Waals surface area contributed by atoms with Crippen LogP contribution in [0.25, 0.3) is 0 Å². The van der Waals surface area contributed by atoms with E-state index in [1.807, 2.05) is 45.0 Å². The Morgan fingerprint density at radius 1 is 1.07 bits per heavy atom. The van der Waals surface area contributed by atoms with Crippen LogP contribution in [-0.2, 0) is 11.3 Å². The number of hydrogen-bond acceptors (Lipinski definition) is 3. The van der Waals surface area contributed by atoms with Gasteiger partial charge in [-0.25, -0.2) is 0 Å². The van der Waals surface area contributed by atoms with Gasteiger partial charge in [0, 0.05) is 12.0 Å². The smallest absolute Gasteiger partial charge is 0.225 e. The highest BCUT2D eigenvalue weighted by Crippen LogP contribution is 2.24. The van der Waals surface area contributed by atoms with Crippen molar-refractivity contribution in [3.05, 3.63) is 59.2 Å². The van der Waals surface area contributed by atoms with Gasteiger partial charge in [-0.3, -0.25) is 4.79 Å². The van der Waals surface area contributed by atoms with Gasteiger partial charge in [0.05, 0.1) is 13.7 Å². The molecule has 0 saturated carbocycles. The maximum absolute atomic E-state index is 12.5. The van der Waals surface area contributed by atoms with Gasteiger partial charge in [-0.1, -0.05) is 38.1 Å². The molecular weight excluding hydrogens is 338 g/mol. The van der Waals surface area contributed by atoms with Crippen LogP contribution in [0.15, 0.2) is 42.5 Å². The lowest BCUT2D eigenvalue weighted by molar-refractivity contribution is -0.130. The largest absolute Gasteiger partial charge is 0.497 e. The third-order valence-corrected chi connectivity index (χ3v) is 4.77. The van der Waals surface area contributed by atoms with Crippen molar-refractivity contribution >= 4 is 5.91 Å². The van der Waals surface area contributed by atoms with E-state index in [1.165, 1.54) is 5.56 Å². The molecule has 0 radical (unpaired) electrons. The second-order valence-electron chi connectivity index (χ2n) is 7.64. The number of hydrogen-bond donors (Lipinski definition) is 1. The van der Waals surface area contributed by atoms with Crippen LogP contribution in [0.3, 0.4) is 0 Å². The molecule has 2 aromatic carbocycles. The van der Waals surface area contributed by atoms with E-state index in [0.29, 0.717) is 13.2 Å². The van der Waals surface area contributed by atoms with Crippen LogP contribution in [0.5, 0.6) is 11.5 Å². The van der Waals surface area contributed by atoms with E-state index in [0.717, 1.165) is 35.5 Å². The molecule has 0 heterocycles. The Morgan fingerprint density at radius 3 is 2.44 bits per heavy atom. The van der Waals surface area contributed by atoms with Crippen molar-refractivity contribution in [2.75, 3.05) is 13.7 Å². The summed E-state index contributed by atoms with van der Waals surface area (Å²) in [6.07, 6.45) is 1.60. The maximum Gasteiger partial charge on any atom is 0.225 e. The van der Waals surface area contributed by atoms with Gasteiger partial charge >= 0.3 is 0 Å². The van der Waals surface area contributed by atoms with Crippen LogP contribution in [0.4, 0.5) is 0 Å². The number of carbonyl (C=O) groups excluding carboxylic acids is 1. The minimum atomic E-state index is -0.433. The van der Waals surface area contributed by atoms with Crippen LogP contribution in [0, 0.1) is 19.3 Å². The SMILES string of the molecule is COc1ccc(CNC(=O)C(C)(C)CCCOc2cc(C)ccc2C)cc1. The molecule has 2 rings (SSSR count). The molecule has 0 saturated heterocycles. The van der Waals surface area contributed by atoms with E-state index in [9.17, 15) is 4.79 Å². The van der Waals surface area contributed by atoms with Crippen molar-refractivity contribution in [2.24, 2.45) is 5.41 Å². The number of carbonyl (C=O) groups is 1. The molecule has 0 aromatic heterocycles. The molecule has 2 aromatic rings. The second kappa shape index (κ2) is 9.45. The molecule has 4 nitrogen and oxygen atoms in total. The van der Waals surface area contributed by atoms with Crippen molar-refractivity contribution in [3.8, 4) is 11.5 Å². The fourth-order valence-electron chi connectivity index (χ4n) is 2.84. The Kier molecular flexibility index (Phi) is 7.28. The van der Waals surface area contributed by atoms with Crippen LogP contribution in [0.2, 0.25) is 0 Å². The highest BCUT2D eigenvalue weighted by Gasteiger charge is 2.26. The molecule has 0 fully saturated rings. The standard InChI is InChI=1S/C23H31NO3/c1-17-7-8-18(2)21(15-17)27-14-6-13-23(3,4)22(25)24-16-19-9-11-20(26-5)12-10-19/h7-12,15H,6,13-14,16H2,1-5H3,(H,24,25). The molecule has 0 bridgehead atoms. The monoisotopic (exact) mass is 369 g/mol. The van der Waals surface area contributed by atoms with Crippen LogP contribution in [0.1, 0.15) is 43.4 Å². The summed E-state index contributed by atoms with van der Waals surface area (Å²) in [4.78, 5) is 12.5. The van der Waals surface area contributed by atoms with Crippen LogP contribution in [-0.4, -0.2) is 19.6 Å². The van der Waals surface area contributed by atoms with Crippen molar-refractivity contribution in [2.45, 2.75) is 47.1 Å². The number of methoxy groups -OCH3 is 1. The molecule has 0 aliphatic rings. The molecule has 4 heteroatoms. The minimum absolute atomic E-state index is 0.0602. The number of ether oxygens (including phenoxy) is 2. The summed E-state index contributed by atoms with van der Waals surface area (Å²) in [6, 6.07) is 13.9. The Hall–Kier alpha value is -2.49. The van der Waals surface area contributed by atoms with Gasteiger partial charge < -0.3 is 14.8 Å². The lowest BCUT2D eigenvalue weighted by Gasteiger charge is -2.23. The lowest BCUT2D eigenvalue weighted by atomic mass is 9.87. The first-order valence-corrected chi connectivity index (χ1v) is 9.43. The molecule has 0 unspecified atom stereocenters. The van der Waals surface area contributed by atoms with Crippen LogP contribution < -0.4 is 14.8 Å². The topological polar surface area (TPSA) is 47.6 Å². The summed E-state index contributed by atoms with van der Waals surface area (Å²) in [6.45, 7) is 9.20. The van der Waals surface area contributed by atoms with Crippen LogP contribution >= 0.6 is 0 Å². The van der Waals surface area contributed by atoms with E-state index < -0.39 is 5.41 Å². The van der Waals surface area contributed by atoms with E-state index >= 15 is 0 Å². The normalized spacial score (nSPS) is 11.1. The number of rotatable bonds is 9. The fourth-order valence-corrected chi connectivity index (χ4v) is 2.84. The zero-order chi connectivity index (χ0) is 19.9. The average Bonchev–Trinajstić information content (AvgIpc) is 2.66. The quantitative estimate of drug-likeness (QED) is 0.645. The third kappa shape index (κ3) is 6.31. The number of benzene rings is 2. The number of nitrogens with one attached hydrogen (secondary N) is 1. The summed E-state index contributed by atoms with van der Waals surface area (Å²) < 4.78 is 11.1. The van der Waals surface area contributed by atoms with Gasteiger partial charge in [0.15, 0.2) is 0 Å². The fraction of sp³-hybridized carbons (Fsp3) is 0.435. The van der Waals surface area contributed by atoms with Gasteiger partial charge in [0.25, 0.3) is 0 Å². The van der Waals surface area contributed by atoms with Gasteiger partial charge in [0.2, 0.25) is 5.91 Å². The highest BCUT2D eigenvalue weighted by atomic mass is 16.5. The number of aryl methyl sites for hydroxylation is 2. The summed E-state index contributed by atoms with van der Waals surface area (Å²) >= 11 is 0. The molecule has 0 aliphatic heterocycles. The van der Waals surface area contributed by atoms with E-state index in [4.69, 9.17) is 9.47 Å². The van der Waals surface area contributed by atoms with Crippen molar-refractivity contribution in [1.82, 2.24) is 5.32 Å². The zero-order valence-electron chi connectivity index (χ0n) is 17.1. The van der Waals surface area contributed by atoms with Crippen molar-refractivity contribution in [3.63, 3.8) is 0 Å². The number of amides is 1. The summed E-state index contributed by atoms with van der Waals surface area (Å²) in [5.74, 6) is 1.80. The highest BCUT2D eigenvalue weighted by molar-refractivity contribution is 5.81. The van der Waals surface area contributed by atoms with Gasteiger partial charge in [0.1, 0.15) is 11.5 Å². The molecule has 0 aliphatic carbocycles. The van der Waals surface area contributed by atoms with Crippen molar-refractivity contribution in [1.29, 1.82) is 0 Å². The first-order chi connectivity index (χ1) is 12.8.